The number of urea groups is 1. The molecule has 4 amide bonds. The predicted octanol–water partition coefficient (Wildman–Crippen LogP) is 1.79. The second kappa shape index (κ2) is 7.87. The number of amides is 4. The molecule has 2 saturated heterocycles. The first kappa shape index (κ1) is 19.3. The molecule has 5 aliphatic rings. The molecule has 0 radical (unpaired) electrons. The Morgan fingerprint density at radius 1 is 1.00 bits per heavy atom. The van der Waals surface area contributed by atoms with Gasteiger partial charge in [0, 0.05) is 19.5 Å². The summed E-state index contributed by atoms with van der Waals surface area (Å²) in [7, 11) is 0. The Labute approximate surface area is 176 Å². The van der Waals surface area contributed by atoms with Crippen LogP contribution in [-0.2, 0) is 20.7 Å². The van der Waals surface area contributed by atoms with Crippen LogP contribution in [0, 0.1) is 23.7 Å². The lowest BCUT2D eigenvalue weighted by Crippen LogP contribution is -2.57. The molecule has 5 atom stereocenters. The van der Waals surface area contributed by atoms with Gasteiger partial charge in [-0.3, -0.25) is 14.5 Å². The number of fused-ring (bicyclic) bond motifs is 1. The van der Waals surface area contributed by atoms with Gasteiger partial charge >= 0.3 is 6.03 Å². The zero-order valence-electron chi connectivity index (χ0n) is 16.9. The van der Waals surface area contributed by atoms with E-state index in [1.54, 1.807) is 4.90 Å². The van der Waals surface area contributed by atoms with Gasteiger partial charge in [-0.2, -0.15) is 0 Å². The zero-order valence-corrected chi connectivity index (χ0v) is 16.9. The molecule has 1 aromatic rings. The molecule has 2 heterocycles. The number of likely N-dealkylation sites (tertiary alicyclic amines) is 1. The van der Waals surface area contributed by atoms with Crippen LogP contribution in [0.15, 0.2) is 42.5 Å². The Kier molecular flexibility index (Phi) is 5.06. The van der Waals surface area contributed by atoms with Gasteiger partial charge in [0.1, 0.15) is 6.17 Å². The number of allylic oxidation sites excluding steroid dienone is 2. The van der Waals surface area contributed by atoms with Gasteiger partial charge in [-0.1, -0.05) is 42.5 Å². The Hall–Kier alpha value is -2.67. The van der Waals surface area contributed by atoms with Crippen molar-refractivity contribution in [3.05, 3.63) is 48.0 Å². The van der Waals surface area contributed by atoms with Crippen LogP contribution in [0.5, 0.6) is 0 Å². The number of morpholine rings is 1. The van der Waals surface area contributed by atoms with E-state index in [0.717, 1.165) is 18.4 Å². The van der Waals surface area contributed by atoms with Crippen molar-refractivity contribution in [1.29, 1.82) is 0 Å². The number of nitrogens with zero attached hydrogens (tertiary/aromatic N) is 2. The van der Waals surface area contributed by atoms with Crippen LogP contribution in [0.25, 0.3) is 0 Å². The van der Waals surface area contributed by atoms with Gasteiger partial charge in [0.2, 0.25) is 11.8 Å². The minimum Gasteiger partial charge on any atom is -0.378 e. The largest absolute Gasteiger partial charge is 0.378 e. The number of hydrogen-bond donors (Lipinski definition) is 1. The van der Waals surface area contributed by atoms with Gasteiger partial charge in [0.05, 0.1) is 25.0 Å². The van der Waals surface area contributed by atoms with Crippen LogP contribution in [0.2, 0.25) is 0 Å². The van der Waals surface area contributed by atoms with Gasteiger partial charge < -0.3 is 15.0 Å². The number of carbonyl (C=O) groups is 3. The number of carbonyl (C=O) groups excluding carboxylic acids is 3. The molecule has 2 bridgehead atoms. The van der Waals surface area contributed by atoms with E-state index in [1.165, 1.54) is 4.90 Å². The minimum atomic E-state index is -0.687. The lowest BCUT2D eigenvalue weighted by Gasteiger charge is -2.38. The summed E-state index contributed by atoms with van der Waals surface area (Å²) in [4.78, 5) is 42.8. The van der Waals surface area contributed by atoms with Crippen LogP contribution >= 0.6 is 0 Å². The summed E-state index contributed by atoms with van der Waals surface area (Å²) in [6, 6.07) is 9.43. The van der Waals surface area contributed by atoms with Crippen molar-refractivity contribution >= 4 is 17.8 Å². The third-order valence-corrected chi connectivity index (χ3v) is 6.97. The van der Waals surface area contributed by atoms with Crippen molar-refractivity contribution in [2.75, 3.05) is 26.3 Å². The van der Waals surface area contributed by atoms with Crippen LogP contribution in [0.1, 0.15) is 18.4 Å². The SMILES string of the molecule is O=C(N[C@H](Cc1ccccc1)N1C(=O)[C@H]2[C@H](C1=O)[C@H]1C=C[C@H]2CC1)N1CCOCC1. The monoisotopic (exact) mass is 409 g/mol. The zero-order chi connectivity index (χ0) is 20.7. The highest BCUT2D eigenvalue weighted by atomic mass is 16.5. The summed E-state index contributed by atoms with van der Waals surface area (Å²) in [6.45, 7) is 2.01. The van der Waals surface area contributed by atoms with E-state index in [9.17, 15) is 14.4 Å². The molecule has 0 aromatic heterocycles. The highest BCUT2D eigenvalue weighted by molar-refractivity contribution is 6.06. The van der Waals surface area contributed by atoms with Gasteiger partial charge in [-0.15, -0.1) is 0 Å². The fourth-order valence-corrected chi connectivity index (χ4v) is 5.45. The molecule has 1 aromatic carbocycles. The summed E-state index contributed by atoms with van der Waals surface area (Å²) in [5.41, 5.74) is 0.973. The van der Waals surface area contributed by atoms with E-state index in [0.29, 0.717) is 32.7 Å². The van der Waals surface area contributed by atoms with Crippen molar-refractivity contribution in [2.24, 2.45) is 23.7 Å². The second-order valence-corrected chi connectivity index (χ2v) is 8.64. The highest BCUT2D eigenvalue weighted by Gasteiger charge is 2.58. The van der Waals surface area contributed by atoms with Crippen LogP contribution < -0.4 is 5.32 Å². The van der Waals surface area contributed by atoms with Crippen molar-refractivity contribution < 1.29 is 19.1 Å². The minimum absolute atomic E-state index is 0.132. The van der Waals surface area contributed by atoms with E-state index < -0.39 is 6.17 Å². The van der Waals surface area contributed by atoms with Crippen LogP contribution in [0.4, 0.5) is 4.79 Å². The first-order valence-corrected chi connectivity index (χ1v) is 10.9. The number of nitrogens with one attached hydrogen (secondary N) is 1. The lowest BCUT2D eigenvalue weighted by molar-refractivity contribution is -0.143. The number of hydrogen-bond acceptors (Lipinski definition) is 4. The number of rotatable bonds is 4. The van der Waals surface area contributed by atoms with Gasteiger partial charge in [-0.25, -0.2) is 4.79 Å². The summed E-state index contributed by atoms with van der Waals surface area (Å²) < 4.78 is 5.33. The van der Waals surface area contributed by atoms with E-state index >= 15 is 0 Å². The predicted molar refractivity (Wildman–Crippen MR) is 109 cm³/mol. The van der Waals surface area contributed by atoms with Crippen molar-refractivity contribution in [2.45, 2.75) is 25.4 Å². The molecule has 158 valence electrons. The fourth-order valence-electron chi connectivity index (χ4n) is 5.45. The Morgan fingerprint density at radius 3 is 2.17 bits per heavy atom. The number of ether oxygens (including phenoxy) is 1. The van der Waals surface area contributed by atoms with E-state index in [2.05, 4.69) is 17.5 Å². The fraction of sp³-hybridized carbons (Fsp3) is 0.522. The van der Waals surface area contributed by atoms with Gasteiger partial charge in [0.25, 0.3) is 0 Å². The average Bonchev–Trinajstić information content (AvgIpc) is 3.08. The maximum atomic E-state index is 13.4. The molecule has 2 aliphatic heterocycles. The molecule has 0 spiro atoms. The summed E-state index contributed by atoms with van der Waals surface area (Å²) in [5.74, 6) is -0.554. The normalized spacial score (nSPS) is 31.1. The maximum Gasteiger partial charge on any atom is 0.319 e. The standard InChI is InChI=1S/C23H27N3O4/c27-21-19-16-6-7-17(9-8-16)20(19)22(28)26(21)18(14-15-4-2-1-3-5-15)24-23(29)25-10-12-30-13-11-25/h1-7,16-20H,8-14H2,(H,24,29)/t16-,17-,18-,19+,20+/m0/s1. The summed E-state index contributed by atoms with van der Waals surface area (Å²) >= 11 is 0. The van der Waals surface area contributed by atoms with Gasteiger partial charge in [-0.05, 0) is 30.2 Å². The van der Waals surface area contributed by atoms with E-state index in [1.807, 2.05) is 30.3 Å². The quantitative estimate of drug-likeness (QED) is 0.608. The molecular formula is C23H27N3O4. The Morgan fingerprint density at radius 2 is 1.60 bits per heavy atom. The smallest absolute Gasteiger partial charge is 0.319 e. The molecule has 30 heavy (non-hydrogen) atoms. The van der Waals surface area contributed by atoms with E-state index in [4.69, 9.17) is 4.74 Å². The van der Waals surface area contributed by atoms with Gasteiger partial charge in [0.15, 0.2) is 0 Å². The highest BCUT2D eigenvalue weighted by Crippen LogP contribution is 2.50. The summed E-state index contributed by atoms with van der Waals surface area (Å²) in [6.07, 6.45) is 5.85. The Bertz CT molecular complexity index is 832. The third-order valence-electron chi connectivity index (χ3n) is 6.97. The van der Waals surface area contributed by atoms with Crippen LogP contribution in [-0.4, -0.2) is 60.1 Å². The van der Waals surface area contributed by atoms with Crippen molar-refractivity contribution in [3.63, 3.8) is 0 Å². The number of imide groups is 1. The molecule has 1 N–H and O–H groups in total. The van der Waals surface area contributed by atoms with E-state index in [-0.39, 0.29) is 41.5 Å². The van der Waals surface area contributed by atoms with Crippen molar-refractivity contribution in [3.8, 4) is 0 Å². The molecule has 6 rings (SSSR count). The molecule has 7 nitrogen and oxygen atoms in total. The molecule has 1 saturated carbocycles. The maximum absolute atomic E-state index is 13.4. The van der Waals surface area contributed by atoms with Crippen molar-refractivity contribution in [1.82, 2.24) is 15.1 Å². The first-order chi connectivity index (χ1) is 14.6. The first-order valence-electron chi connectivity index (χ1n) is 10.9. The molecule has 7 heteroatoms. The number of benzene rings is 1. The Balaban J connectivity index is 1.41. The molecule has 3 aliphatic carbocycles. The third kappa shape index (κ3) is 3.31. The summed E-state index contributed by atoms with van der Waals surface area (Å²) in [5, 5.41) is 2.99. The molecule has 0 unspecified atom stereocenters. The van der Waals surface area contributed by atoms with Crippen LogP contribution in [0.3, 0.4) is 0 Å². The average molecular weight is 409 g/mol. The second-order valence-electron chi connectivity index (χ2n) is 8.64. The topological polar surface area (TPSA) is 79.0 Å². The lowest BCUT2D eigenvalue weighted by atomic mass is 9.63. The molecule has 3 fully saturated rings. The molecular weight excluding hydrogens is 382 g/mol.